The monoisotopic (exact) mass is 489 g/mol. The van der Waals surface area contributed by atoms with E-state index in [0.29, 0.717) is 0 Å². The van der Waals surface area contributed by atoms with Gasteiger partial charge in [0.15, 0.2) is 10.9 Å². The van der Waals surface area contributed by atoms with Crippen molar-refractivity contribution in [2.45, 2.75) is 36.4 Å². The van der Waals surface area contributed by atoms with E-state index in [-0.39, 0.29) is 44.0 Å². The minimum atomic E-state index is -4.10. The van der Waals surface area contributed by atoms with Crippen LogP contribution in [0, 0.1) is 10.1 Å². The van der Waals surface area contributed by atoms with Crippen LogP contribution in [0.1, 0.15) is 18.4 Å². The molecule has 11 nitrogen and oxygen atoms in total. The first-order chi connectivity index (χ1) is 16.3. The topological polar surface area (TPSA) is 136 Å². The molecule has 0 aliphatic carbocycles. The summed E-state index contributed by atoms with van der Waals surface area (Å²) < 4.78 is 37.7. The van der Waals surface area contributed by atoms with Crippen molar-refractivity contribution in [3.8, 4) is 0 Å². The van der Waals surface area contributed by atoms with Crippen LogP contribution in [-0.2, 0) is 30.9 Å². The molecule has 1 atom stereocenters. The first kappa shape index (κ1) is 23.6. The summed E-state index contributed by atoms with van der Waals surface area (Å²) in [6.07, 6.45) is -0.156. The molecule has 2 saturated heterocycles. The maximum atomic E-state index is 13.0. The molecular weight excluding hydrogens is 466 g/mol. The fourth-order valence-electron chi connectivity index (χ4n) is 4.17. The summed E-state index contributed by atoms with van der Waals surface area (Å²) >= 11 is 0. The zero-order chi connectivity index (χ0) is 24.3. The van der Waals surface area contributed by atoms with Gasteiger partial charge >= 0.3 is 12.1 Å². The summed E-state index contributed by atoms with van der Waals surface area (Å²) in [5.41, 5.74) is 0.315. The number of para-hydroxylation sites is 1. The molecule has 0 radical (unpaired) electrons. The Morgan fingerprint density at radius 2 is 1.74 bits per heavy atom. The number of hydrogen-bond acceptors (Lipinski definition) is 8. The van der Waals surface area contributed by atoms with Crippen LogP contribution in [0.4, 0.5) is 10.5 Å². The van der Waals surface area contributed by atoms with Crippen LogP contribution in [0.2, 0.25) is 0 Å². The Balaban J connectivity index is 1.42. The van der Waals surface area contributed by atoms with Gasteiger partial charge in [0.1, 0.15) is 13.2 Å². The average Bonchev–Trinajstić information content (AvgIpc) is 3.24. The molecule has 0 aromatic heterocycles. The number of cyclic esters (lactones) is 1. The van der Waals surface area contributed by atoms with Crippen molar-refractivity contribution in [1.82, 2.24) is 9.21 Å². The molecule has 2 aliphatic rings. The molecule has 1 amide bonds. The molecule has 12 heteroatoms. The van der Waals surface area contributed by atoms with Crippen molar-refractivity contribution in [3.63, 3.8) is 0 Å². The lowest BCUT2D eigenvalue weighted by Crippen LogP contribution is -2.52. The largest absolute Gasteiger partial charge is 0.459 e. The van der Waals surface area contributed by atoms with Gasteiger partial charge in [-0.1, -0.05) is 42.5 Å². The molecular formula is C22H23N3O8S. The molecule has 0 N–H and O–H groups in total. The van der Waals surface area contributed by atoms with Crippen LogP contribution in [0.5, 0.6) is 0 Å². The van der Waals surface area contributed by atoms with E-state index < -0.39 is 44.8 Å². The number of ether oxygens (including phenoxy) is 2. The summed E-state index contributed by atoms with van der Waals surface area (Å²) in [6.45, 7) is -0.00481. The quantitative estimate of drug-likeness (QED) is 0.328. The smallest absolute Gasteiger partial charge is 0.410 e. The molecule has 2 fully saturated rings. The van der Waals surface area contributed by atoms with Gasteiger partial charge in [-0.3, -0.25) is 15.0 Å². The minimum Gasteiger partial charge on any atom is -0.459 e. The van der Waals surface area contributed by atoms with Crippen LogP contribution in [0.15, 0.2) is 59.5 Å². The number of carbonyl (C=O) groups is 2. The van der Waals surface area contributed by atoms with E-state index in [1.54, 1.807) is 0 Å². The van der Waals surface area contributed by atoms with E-state index in [1.807, 2.05) is 30.3 Å². The Labute approximate surface area is 196 Å². The number of hydrogen-bond donors (Lipinski definition) is 0. The van der Waals surface area contributed by atoms with E-state index >= 15 is 0 Å². The van der Waals surface area contributed by atoms with Crippen LogP contribution in [-0.4, -0.2) is 66.4 Å². The SMILES string of the molecule is O=C(OCc1ccccc1)[C@@H]1COC(=O)N1C1CCN(S(=O)(=O)c2ccccc2[N+](=O)[O-])CC1. The van der Waals surface area contributed by atoms with E-state index in [1.165, 1.54) is 23.1 Å². The first-order valence-corrected chi connectivity index (χ1v) is 12.1. The lowest BCUT2D eigenvalue weighted by Gasteiger charge is -2.36. The Morgan fingerprint density at radius 1 is 1.09 bits per heavy atom. The average molecular weight is 490 g/mol. The third kappa shape index (κ3) is 4.73. The number of amides is 1. The normalized spacial score (nSPS) is 19.6. The summed E-state index contributed by atoms with van der Waals surface area (Å²) in [5.74, 6) is -0.593. The van der Waals surface area contributed by atoms with Gasteiger partial charge in [0.25, 0.3) is 5.69 Å². The Kier molecular flexibility index (Phi) is 6.80. The van der Waals surface area contributed by atoms with Gasteiger partial charge in [0.2, 0.25) is 10.0 Å². The lowest BCUT2D eigenvalue weighted by molar-refractivity contribution is -0.387. The number of benzene rings is 2. The number of nitrogens with zero attached hydrogens (tertiary/aromatic N) is 3. The number of esters is 1. The van der Waals surface area contributed by atoms with E-state index in [9.17, 15) is 28.1 Å². The molecule has 180 valence electrons. The number of carbonyl (C=O) groups excluding carboxylic acids is 2. The standard InChI is InChI=1S/C22H23N3O8S/c26-21(32-14-16-6-2-1-3-7-16)19-15-33-22(27)24(19)17-10-12-23(13-11-17)34(30,31)20-9-5-4-8-18(20)25(28)29/h1-9,17,19H,10-15H2/t19-/m0/s1. The lowest BCUT2D eigenvalue weighted by atomic mass is 10.0. The van der Waals surface area contributed by atoms with Crippen molar-refractivity contribution in [3.05, 3.63) is 70.3 Å². The van der Waals surface area contributed by atoms with Gasteiger partial charge in [-0.2, -0.15) is 4.31 Å². The summed E-state index contributed by atoms with van der Waals surface area (Å²) in [6, 6.07) is 13.0. The molecule has 0 saturated carbocycles. The van der Waals surface area contributed by atoms with Crippen LogP contribution >= 0.6 is 0 Å². The van der Waals surface area contributed by atoms with Gasteiger partial charge in [-0.05, 0) is 24.5 Å². The number of nitro benzene ring substituents is 1. The zero-order valence-corrected chi connectivity index (χ0v) is 18.9. The number of rotatable bonds is 7. The summed E-state index contributed by atoms with van der Waals surface area (Å²) in [7, 11) is -4.10. The minimum absolute atomic E-state index is 0.0363. The molecule has 0 unspecified atom stereocenters. The highest BCUT2D eigenvalue weighted by Crippen LogP contribution is 2.31. The van der Waals surface area contributed by atoms with Crippen LogP contribution in [0.3, 0.4) is 0 Å². The number of sulfonamides is 1. The predicted octanol–water partition coefficient (Wildman–Crippen LogP) is 2.31. The van der Waals surface area contributed by atoms with Crippen molar-refractivity contribution in [1.29, 1.82) is 0 Å². The van der Waals surface area contributed by atoms with Crippen molar-refractivity contribution in [2.24, 2.45) is 0 Å². The molecule has 2 aromatic carbocycles. The van der Waals surface area contributed by atoms with E-state index in [0.717, 1.165) is 15.9 Å². The second-order valence-corrected chi connectivity index (χ2v) is 9.86. The summed E-state index contributed by atoms with van der Waals surface area (Å²) in [4.78, 5) is 36.5. The zero-order valence-electron chi connectivity index (χ0n) is 18.1. The van der Waals surface area contributed by atoms with Crippen LogP contribution in [0.25, 0.3) is 0 Å². The fourth-order valence-corrected chi connectivity index (χ4v) is 5.80. The molecule has 0 bridgehead atoms. The highest BCUT2D eigenvalue weighted by Gasteiger charge is 2.45. The predicted molar refractivity (Wildman–Crippen MR) is 118 cm³/mol. The number of piperidine rings is 1. The molecule has 34 heavy (non-hydrogen) atoms. The van der Waals surface area contributed by atoms with Crippen molar-refractivity contribution in [2.75, 3.05) is 19.7 Å². The van der Waals surface area contributed by atoms with Crippen LogP contribution < -0.4 is 0 Å². The maximum Gasteiger partial charge on any atom is 0.410 e. The van der Waals surface area contributed by atoms with Gasteiger partial charge in [-0.15, -0.1) is 0 Å². The third-order valence-electron chi connectivity index (χ3n) is 5.90. The fraction of sp³-hybridized carbons (Fsp3) is 0.364. The Morgan fingerprint density at radius 3 is 2.41 bits per heavy atom. The van der Waals surface area contributed by atoms with Gasteiger partial charge in [-0.25, -0.2) is 18.0 Å². The first-order valence-electron chi connectivity index (χ1n) is 10.7. The molecule has 2 heterocycles. The van der Waals surface area contributed by atoms with Gasteiger partial charge in [0, 0.05) is 25.2 Å². The second kappa shape index (κ2) is 9.77. The number of nitro groups is 1. The summed E-state index contributed by atoms with van der Waals surface area (Å²) in [5, 5.41) is 11.3. The highest BCUT2D eigenvalue weighted by molar-refractivity contribution is 7.89. The Hall–Kier alpha value is -3.51. The van der Waals surface area contributed by atoms with E-state index in [2.05, 4.69) is 0 Å². The van der Waals surface area contributed by atoms with Gasteiger partial charge in [0.05, 0.1) is 4.92 Å². The van der Waals surface area contributed by atoms with Crippen molar-refractivity contribution < 1.29 is 32.4 Å². The molecule has 0 spiro atoms. The molecule has 2 aliphatic heterocycles. The Bertz CT molecular complexity index is 1180. The molecule has 4 rings (SSSR count). The third-order valence-corrected chi connectivity index (χ3v) is 7.85. The second-order valence-electron chi connectivity index (χ2n) is 7.95. The maximum absolute atomic E-state index is 13.0. The van der Waals surface area contributed by atoms with Crippen molar-refractivity contribution >= 4 is 27.8 Å². The highest BCUT2D eigenvalue weighted by atomic mass is 32.2. The van der Waals surface area contributed by atoms with Gasteiger partial charge < -0.3 is 9.47 Å². The molecule has 2 aromatic rings. The van der Waals surface area contributed by atoms with E-state index in [4.69, 9.17) is 9.47 Å².